The SMILES string of the molecule is Cc1ccc(-c2ncc(-c3cncn3CCCN3CCCCC3)cn2)cc1. The second-order valence-corrected chi connectivity index (χ2v) is 7.39. The van der Waals surface area contributed by atoms with Crippen LogP contribution in [0, 0.1) is 6.92 Å². The van der Waals surface area contributed by atoms with Gasteiger partial charge in [0.25, 0.3) is 0 Å². The first-order chi connectivity index (χ1) is 13.3. The van der Waals surface area contributed by atoms with Gasteiger partial charge in [0.2, 0.25) is 0 Å². The third-order valence-corrected chi connectivity index (χ3v) is 5.29. The molecule has 0 radical (unpaired) electrons. The fourth-order valence-corrected chi connectivity index (χ4v) is 3.70. The van der Waals surface area contributed by atoms with Crippen molar-refractivity contribution >= 4 is 0 Å². The van der Waals surface area contributed by atoms with Crippen molar-refractivity contribution in [3.05, 3.63) is 54.7 Å². The maximum Gasteiger partial charge on any atom is 0.159 e. The molecule has 0 unspecified atom stereocenters. The molecule has 1 fully saturated rings. The van der Waals surface area contributed by atoms with Gasteiger partial charge >= 0.3 is 0 Å². The monoisotopic (exact) mass is 361 g/mol. The van der Waals surface area contributed by atoms with Crippen LogP contribution in [0.2, 0.25) is 0 Å². The lowest BCUT2D eigenvalue weighted by atomic mass is 10.1. The average Bonchev–Trinajstić information content (AvgIpc) is 3.18. The van der Waals surface area contributed by atoms with Crippen LogP contribution in [0.1, 0.15) is 31.2 Å². The molecule has 0 atom stereocenters. The van der Waals surface area contributed by atoms with E-state index in [0.29, 0.717) is 0 Å². The summed E-state index contributed by atoms with van der Waals surface area (Å²) in [7, 11) is 0. The lowest BCUT2D eigenvalue weighted by Gasteiger charge is -2.26. The standard InChI is InChI=1S/C22H27N5/c1-18-6-8-19(9-7-18)22-24-14-20(15-25-22)21-16-23-17-27(21)13-5-12-26-10-3-2-4-11-26/h6-9,14-17H,2-5,10-13H2,1H3. The second kappa shape index (κ2) is 8.44. The van der Waals surface area contributed by atoms with Gasteiger partial charge in [0.05, 0.1) is 18.2 Å². The third kappa shape index (κ3) is 4.42. The maximum atomic E-state index is 4.57. The van der Waals surface area contributed by atoms with E-state index in [2.05, 4.69) is 55.6 Å². The summed E-state index contributed by atoms with van der Waals surface area (Å²) in [6.07, 6.45) is 12.9. The Morgan fingerprint density at radius 3 is 2.33 bits per heavy atom. The quantitative estimate of drug-likeness (QED) is 0.660. The number of nitrogens with zero attached hydrogens (tertiary/aromatic N) is 5. The summed E-state index contributed by atoms with van der Waals surface area (Å²) in [6, 6.07) is 8.30. The summed E-state index contributed by atoms with van der Waals surface area (Å²) in [6.45, 7) is 6.74. The van der Waals surface area contributed by atoms with Gasteiger partial charge in [-0.05, 0) is 45.8 Å². The van der Waals surface area contributed by atoms with Crippen LogP contribution in [0.15, 0.2) is 49.2 Å². The van der Waals surface area contributed by atoms with E-state index in [1.807, 2.05) is 24.9 Å². The van der Waals surface area contributed by atoms with Crippen molar-refractivity contribution in [2.75, 3.05) is 19.6 Å². The Balaban J connectivity index is 1.41. The Hall–Kier alpha value is -2.53. The summed E-state index contributed by atoms with van der Waals surface area (Å²) >= 11 is 0. The molecule has 1 aliphatic rings. The Morgan fingerprint density at radius 2 is 1.59 bits per heavy atom. The molecule has 5 nitrogen and oxygen atoms in total. The highest BCUT2D eigenvalue weighted by atomic mass is 15.1. The second-order valence-electron chi connectivity index (χ2n) is 7.39. The molecule has 0 amide bonds. The third-order valence-electron chi connectivity index (χ3n) is 5.29. The number of rotatable bonds is 6. The van der Waals surface area contributed by atoms with Crippen LogP contribution in [0.3, 0.4) is 0 Å². The number of hydrogen-bond acceptors (Lipinski definition) is 4. The zero-order valence-corrected chi connectivity index (χ0v) is 16.0. The van der Waals surface area contributed by atoms with E-state index in [9.17, 15) is 0 Å². The Kier molecular flexibility index (Phi) is 5.58. The van der Waals surface area contributed by atoms with Gasteiger partial charge in [-0.25, -0.2) is 15.0 Å². The van der Waals surface area contributed by atoms with Crippen molar-refractivity contribution in [3.63, 3.8) is 0 Å². The van der Waals surface area contributed by atoms with Crippen LogP contribution >= 0.6 is 0 Å². The van der Waals surface area contributed by atoms with Crippen molar-refractivity contribution in [2.24, 2.45) is 0 Å². The minimum absolute atomic E-state index is 0.759. The molecule has 0 spiro atoms. The minimum Gasteiger partial charge on any atom is -0.330 e. The molecule has 1 saturated heterocycles. The first-order valence-corrected chi connectivity index (χ1v) is 9.91. The van der Waals surface area contributed by atoms with Gasteiger partial charge in [0.1, 0.15) is 0 Å². The predicted molar refractivity (Wildman–Crippen MR) is 108 cm³/mol. The van der Waals surface area contributed by atoms with Gasteiger partial charge in [-0.3, -0.25) is 0 Å². The molecule has 0 saturated carbocycles. The van der Waals surface area contributed by atoms with Crippen molar-refractivity contribution in [3.8, 4) is 22.6 Å². The molecule has 140 valence electrons. The summed E-state index contributed by atoms with van der Waals surface area (Å²) < 4.78 is 2.22. The number of hydrogen-bond donors (Lipinski definition) is 0. The Labute approximate surface area is 161 Å². The smallest absolute Gasteiger partial charge is 0.159 e. The van der Waals surface area contributed by atoms with E-state index in [-0.39, 0.29) is 0 Å². The van der Waals surface area contributed by atoms with Gasteiger partial charge in [-0.2, -0.15) is 0 Å². The molecule has 1 aliphatic heterocycles. The van der Waals surface area contributed by atoms with E-state index >= 15 is 0 Å². The Morgan fingerprint density at radius 1 is 0.852 bits per heavy atom. The van der Waals surface area contributed by atoms with E-state index in [4.69, 9.17) is 0 Å². The molecule has 0 N–H and O–H groups in total. The largest absolute Gasteiger partial charge is 0.330 e. The van der Waals surface area contributed by atoms with Crippen molar-refractivity contribution in [1.29, 1.82) is 0 Å². The van der Waals surface area contributed by atoms with E-state index < -0.39 is 0 Å². The van der Waals surface area contributed by atoms with Gasteiger partial charge in [0, 0.05) is 30.1 Å². The van der Waals surface area contributed by atoms with Gasteiger partial charge in [-0.15, -0.1) is 0 Å². The Bertz CT molecular complexity index is 845. The maximum absolute atomic E-state index is 4.57. The van der Waals surface area contributed by atoms with E-state index in [1.165, 1.54) is 44.5 Å². The topological polar surface area (TPSA) is 46.8 Å². The summed E-state index contributed by atoms with van der Waals surface area (Å²) in [5.41, 5.74) is 4.39. The van der Waals surface area contributed by atoms with Crippen LogP contribution in [-0.4, -0.2) is 44.1 Å². The molecule has 4 rings (SSSR count). The molecule has 5 heteroatoms. The van der Waals surface area contributed by atoms with Crippen LogP contribution in [0.5, 0.6) is 0 Å². The highest BCUT2D eigenvalue weighted by Crippen LogP contribution is 2.21. The van der Waals surface area contributed by atoms with Gasteiger partial charge < -0.3 is 9.47 Å². The molecule has 3 heterocycles. The number of aryl methyl sites for hydroxylation is 2. The van der Waals surface area contributed by atoms with Crippen LogP contribution in [-0.2, 0) is 6.54 Å². The molecular weight excluding hydrogens is 334 g/mol. The number of aromatic nitrogens is 4. The first kappa shape index (κ1) is 17.9. The number of piperidine rings is 1. The predicted octanol–water partition coefficient (Wildman–Crippen LogP) is 4.19. The molecule has 1 aromatic carbocycles. The van der Waals surface area contributed by atoms with E-state index in [1.54, 1.807) is 0 Å². The lowest BCUT2D eigenvalue weighted by Crippen LogP contribution is -2.31. The highest BCUT2D eigenvalue weighted by molar-refractivity contribution is 5.60. The number of imidazole rings is 1. The van der Waals surface area contributed by atoms with Crippen molar-refractivity contribution < 1.29 is 0 Å². The molecule has 3 aromatic rings. The minimum atomic E-state index is 0.759. The van der Waals surface area contributed by atoms with Gasteiger partial charge in [0.15, 0.2) is 5.82 Å². The average molecular weight is 361 g/mol. The fraction of sp³-hybridized carbons (Fsp3) is 0.409. The number of likely N-dealkylation sites (tertiary alicyclic amines) is 1. The normalized spacial score (nSPS) is 15.1. The lowest BCUT2D eigenvalue weighted by molar-refractivity contribution is 0.223. The van der Waals surface area contributed by atoms with Crippen LogP contribution < -0.4 is 0 Å². The fourth-order valence-electron chi connectivity index (χ4n) is 3.70. The van der Waals surface area contributed by atoms with Crippen LogP contribution in [0.4, 0.5) is 0 Å². The first-order valence-electron chi connectivity index (χ1n) is 9.91. The van der Waals surface area contributed by atoms with Crippen molar-refractivity contribution in [1.82, 2.24) is 24.4 Å². The summed E-state index contributed by atoms with van der Waals surface area (Å²) in [5.74, 6) is 0.759. The zero-order valence-electron chi connectivity index (χ0n) is 16.0. The van der Waals surface area contributed by atoms with Crippen LogP contribution in [0.25, 0.3) is 22.6 Å². The summed E-state index contributed by atoms with van der Waals surface area (Å²) in [4.78, 5) is 16.1. The molecule has 0 bridgehead atoms. The summed E-state index contributed by atoms with van der Waals surface area (Å²) in [5, 5.41) is 0. The highest BCUT2D eigenvalue weighted by Gasteiger charge is 2.11. The number of benzene rings is 1. The molecule has 0 aliphatic carbocycles. The van der Waals surface area contributed by atoms with Gasteiger partial charge in [-0.1, -0.05) is 36.2 Å². The molecular formula is C22H27N5. The molecule has 2 aromatic heterocycles. The van der Waals surface area contributed by atoms with E-state index in [0.717, 1.165) is 35.6 Å². The zero-order chi connectivity index (χ0) is 18.5. The molecule has 27 heavy (non-hydrogen) atoms. The van der Waals surface area contributed by atoms with Crippen molar-refractivity contribution in [2.45, 2.75) is 39.2 Å².